The molecule has 1 saturated heterocycles. The predicted molar refractivity (Wildman–Crippen MR) is 56.9 cm³/mol. The van der Waals surface area contributed by atoms with Crippen LogP contribution in [-0.4, -0.2) is 29.2 Å². The third-order valence-corrected chi connectivity index (χ3v) is 2.97. The summed E-state index contributed by atoms with van der Waals surface area (Å²) in [7, 11) is 0. The molecule has 4 nitrogen and oxygen atoms in total. The number of hydrogen-bond donors (Lipinski definition) is 1. The van der Waals surface area contributed by atoms with Crippen LogP contribution in [0, 0.1) is 0 Å². The third-order valence-electron chi connectivity index (χ3n) is 2.97. The van der Waals surface area contributed by atoms with Gasteiger partial charge in [-0.25, -0.2) is 9.97 Å². The lowest BCUT2D eigenvalue weighted by Gasteiger charge is -2.08. The quantitative estimate of drug-likeness (QED) is 0.813. The summed E-state index contributed by atoms with van der Waals surface area (Å²) >= 11 is 0. The van der Waals surface area contributed by atoms with E-state index in [1.54, 1.807) is 6.33 Å². The Kier molecular flexibility index (Phi) is 2.29. The number of hydrogen-bond acceptors (Lipinski definition) is 4. The van der Waals surface area contributed by atoms with Gasteiger partial charge in [0.2, 0.25) is 0 Å². The van der Waals surface area contributed by atoms with Crippen molar-refractivity contribution in [2.75, 3.05) is 18.5 Å². The van der Waals surface area contributed by atoms with Crippen LogP contribution in [-0.2, 0) is 4.74 Å². The molecule has 1 aromatic heterocycles. The van der Waals surface area contributed by atoms with Gasteiger partial charge in [0, 0.05) is 24.6 Å². The normalized spacial score (nSPS) is 25.5. The maximum Gasteiger partial charge on any atom is 0.129 e. The Bertz CT molecular complexity index is 345. The van der Waals surface area contributed by atoms with Gasteiger partial charge in [-0.15, -0.1) is 0 Å². The average Bonchev–Trinajstić information content (AvgIpc) is 2.91. The maximum atomic E-state index is 5.36. The number of anilines is 1. The van der Waals surface area contributed by atoms with Gasteiger partial charge in [0.15, 0.2) is 0 Å². The van der Waals surface area contributed by atoms with Crippen molar-refractivity contribution < 1.29 is 4.74 Å². The predicted octanol–water partition coefficient (Wildman–Crippen LogP) is 1.55. The van der Waals surface area contributed by atoms with Crippen molar-refractivity contribution in [3.63, 3.8) is 0 Å². The van der Waals surface area contributed by atoms with Crippen molar-refractivity contribution in [3.8, 4) is 0 Å². The van der Waals surface area contributed by atoms with E-state index in [0.717, 1.165) is 31.1 Å². The first kappa shape index (κ1) is 9.09. The minimum Gasteiger partial charge on any atom is -0.381 e. The molecule has 1 aliphatic carbocycles. The summed E-state index contributed by atoms with van der Waals surface area (Å²) in [5, 5.41) is 3.39. The zero-order valence-corrected chi connectivity index (χ0v) is 8.65. The second-order valence-corrected chi connectivity index (χ2v) is 4.31. The summed E-state index contributed by atoms with van der Waals surface area (Å²) in [5.74, 6) is 1.43. The Hall–Kier alpha value is -1.16. The van der Waals surface area contributed by atoms with Gasteiger partial charge in [-0.3, -0.25) is 0 Å². The van der Waals surface area contributed by atoms with Gasteiger partial charge in [0.05, 0.1) is 12.3 Å². The standard InChI is InChI=1S/C11H15N3O/c1-2-9(1)14-11-5-10(12-7-13-11)8-3-4-15-6-8/h5,7-9H,1-4,6H2,(H,12,13,14). The highest BCUT2D eigenvalue weighted by molar-refractivity contribution is 5.38. The lowest BCUT2D eigenvalue weighted by molar-refractivity contribution is 0.193. The van der Waals surface area contributed by atoms with E-state index in [9.17, 15) is 0 Å². The summed E-state index contributed by atoms with van der Waals surface area (Å²) in [4.78, 5) is 8.55. The number of rotatable bonds is 3. The highest BCUT2D eigenvalue weighted by atomic mass is 16.5. The molecule has 2 fully saturated rings. The number of nitrogens with zero attached hydrogens (tertiary/aromatic N) is 2. The summed E-state index contributed by atoms with van der Waals surface area (Å²) in [6.45, 7) is 1.67. The van der Waals surface area contributed by atoms with E-state index < -0.39 is 0 Å². The highest BCUT2D eigenvalue weighted by Gasteiger charge is 2.23. The Balaban J connectivity index is 1.75. The molecule has 15 heavy (non-hydrogen) atoms. The van der Waals surface area contributed by atoms with Crippen molar-refractivity contribution in [3.05, 3.63) is 18.1 Å². The molecule has 0 radical (unpaired) electrons. The van der Waals surface area contributed by atoms with Crippen molar-refractivity contribution in [1.29, 1.82) is 0 Å². The van der Waals surface area contributed by atoms with Crippen molar-refractivity contribution in [1.82, 2.24) is 9.97 Å². The Morgan fingerprint density at radius 2 is 2.20 bits per heavy atom. The van der Waals surface area contributed by atoms with Crippen LogP contribution in [0.15, 0.2) is 12.4 Å². The van der Waals surface area contributed by atoms with Crippen molar-refractivity contribution in [2.24, 2.45) is 0 Å². The van der Waals surface area contributed by atoms with Gasteiger partial charge >= 0.3 is 0 Å². The van der Waals surface area contributed by atoms with E-state index in [4.69, 9.17) is 4.74 Å². The van der Waals surface area contributed by atoms with Crippen molar-refractivity contribution >= 4 is 5.82 Å². The first-order valence-corrected chi connectivity index (χ1v) is 5.58. The molecule has 0 spiro atoms. The summed E-state index contributed by atoms with van der Waals surface area (Å²) in [6, 6.07) is 2.71. The van der Waals surface area contributed by atoms with E-state index >= 15 is 0 Å². The van der Waals surface area contributed by atoms with E-state index in [-0.39, 0.29) is 0 Å². The third kappa shape index (κ3) is 2.09. The SMILES string of the molecule is c1nc(NC2CC2)cc(C2CCOC2)n1. The molecule has 1 unspecified atom stereocenters. The molecule has 2 aliphatic rings. The topological polar surface area (TPSA) is 47.0 Å². The van der Waals surface area contributed by atoms with Gasteiger partial charge in [0.1, 0.15) is 12.1 Å². The van der Waals surface area contributed by atoms with Crippen LogP contribution >= 0.6 is 0 Å². The van der Waals surface area contributed by atoms with Gasteiger partial charge in [0.25, 0.3) is 0 Å². The van der Waals surface area contributed by atoms with Gasteiger partial charge in [-0.05, 0) is 19.3 Å². The molecule has 0 amide bonds. The second kappa shape index (κ2) is 3.77. The van der Waals surface area contributed by atoms with Crippen LogP contribution in [0.25, 0.3) is 0 Å². The fraction of sp³-hybridized carbons (Fsp3) is 0.636. The second-order valence-electron chi connectivity index (χ2n) is 4.31. The molecule has 0 bridgehead atoms. The molecular weight excluding hydrogens is 190 g/mol. The minimum absolute atomic E-state index is 0.466. The average molecular weight is 205 g/mol. The lowest BCUT2D eigenvalue weighted by Crippen LogP contribution is -2.06. The van der Waals surface area contributed by atoms with E-state index in [0.29, 0.717) is 12.0 Å². The molecule has 1 saturated carbocycles. The number of nitrogens with one attached hydrogen (secondary N) is 1. The Morgan fingerprint density at radius 3 is 2.93 bits per heavy atom. The molecular formula is C11H15N3O. The van der Waals surface area contributed by atoms with Crippen LogP contribution in [0.3, 0.4) is 0 Å². The van der Waals surface area contributed by atoms with Crippen LogP contribution < -0.4 is 5.32 Å². The van der Waals surface area contributed by atoms with Crippen LogP contribution in [0.5, 0.6) is 0 Å². The van der Waals surface area contributed by atoms with Crippen LogP contribution in [0.1, 0.15) is 30.9 Å². The number of aromatic nitrogens is 2. The molecule has 1 N–H and O–H groups in total. The molecule has 0 aromatic carbocycles. The van der Waals surface area contributed by atoms with Crippen molar-refractivity contribution in [2.45, 2.75) is 31.2 Å². The van der Waals surface area contributed by atoms with Gasteiger partial charge in [-0.1, -0.05) is 0 Å². The van der Waals surface area contributed by atoms with E-state index in [1.165, 1.54) is 12.8 Å². The summed E-state index contributed by atoms with van der Waals surface area (Å²) in [6.07, 6.45) is 5.27. The fourth-order valence-electron chi connectivity index (χ4n) is 1.88. The first-order valence-electron chi connectivity index (χ1n) is 5.58. The van der Waals surface area contributed by atoms with E-state index in [2.05, 4.69) is 21.4 Å². The van der Waals surface area contributed by atoms with E-state index in [1.807, 2.05) is 0 Å². The molecule has 4 heteroatoms. The van der Waals surface area contributed by atoms with Crippen LogP contribution in [0.4, 0.5) is 5.82 Å². The maximum absolute atomic E-state index is 5.36. The Labute approximate surface area is 89.1 Å². The molecule has 1 aliphatic heterocycles. The fourth-order valence-corrected chi connectivity index (χ4v) is 1.88. The molecule has 80 valence electrons. The summed E-state index contributed by atoms with van der Waals surface area (Å²) in [5.41, 5.74) is 1.12. The lowest BCUT2D eigenvalue weighted by atomic mass is 10.1. The van der Waals surface area contributed by atoms with Gasteiger partial charge < -0.3 is 10.1 Å². The molecule has 3 rings (SSSR count). The molecule has 2 heterocycles. The zero-order valence-electron chi connectivity index (χ0n) is 8.65. The monoisotopic (exact) mass is 205 g/mol. The largest absolute Gasteiger partial charge is 0.381 e. The summed E-state index contributed by atoms with van der Waals surface area (Å²) < 4.78 is 5.36. The van der Waals surface area contributed by atoms with Crippen LogP contribution in [0.2, 0.25) is 0 Å². The molecule has 1 aromatic rings. The minimum atomic E-state index is 0.466. The smallest absolute Gasteiger partial charge is 0.129 e. The first-order chi connectivity index (χ1) is 7.42. The van der Waals surface area contributed by atoms with Gasteiger partial charge in [-0.2, -0.15) is 0 Å². The zero-order chi connectivity index (χ0) is 10.1. The molecule has 1 atom stereocenters. The Morgan fingerprint density at radius 1 is 1.27 bits per heavy atom. The number of ether oxygens (including phenoxy) is 1. The highest BCUT2D eigenvalue weighted by Crippen LogP contribution is 2.27.